The van der Waals surface area contributed by atoms with Crippen molar-refractivity contribution in [2.24, 2.45) is 0 Å². The highest BCUT2D eigenvalue weighted by Crippen LogP contribution is 2.22. The van der Waals surface area contributed by atoms with Gasteiger partial charge in [0, 0.05) is 17.7 Å². The van der Waals surface area contributed by atoms with E-state index in [9.17, 15) is 19.3 Å². The molecule has 0 saturated carbocycles. The first kappa shape index (κ1) is 10.5. The molecule has 0 aromatic heterocycles. The lowest BCUT2D eigenvalue weighted by Crippen LogP contribution is -2.42. The molecule has 0 fully saturated rings. The van der Waals surface area contributed by atoms with Crippen LogP contribution in [-0.2, 0) is 6.42 Å². The molecule has 1 aliphatic rings. The van der Waals surface area contributed by atoms with E-state index in [1.54, 1.807) is 0 Å². The molecule has 0 aliphatic carbocycles. The fraction of sp³-hybridized carbons (Fsp3) is 0.300. The standard InChI is InChI=1S/C10H9FN2O3/c11-5-7-3-6-1-2-8(13(15)16)4-9(6)10(14)12-7/h1-2,4,7H,3,5H2,(H,12,14). The van der Waals surface area contributed by atoms with Gasteiger partial charge in [0.1, 0.15) is 6.67 Å². The van der Waals surface area contributed by atoms with E-state index >= 15 is 0 Å². The Labute approximate surface area is 90.4 Å². The molecule has 1 atom stereocenters. The number of nitrogens with zero attached hydrogens (tertiary/aromatic N) is 1. The van der Waals surface area contributed by atoms with Crippen molar-refractivity contribution in [3.05, 3.63) is 39.4 Å². The number of carbonyl (C=O) groups excluding carboxylic acids is 1. The highest BCUT2D eigenvalue weighted by atomic mass is 19.1. The number of non-ortho nitro benzene ring substituents is 1. The van der Waals surface area contributed by atoms with Crippen LogP contribution >= 0.6 is 0 Å². The van der Waals surface area contributed by atoms with Crippen LogP contribution in [0.4, 0.5) is 10.1 Å². The van der Waals surface area contributed by atoms with Gasteiger partial charge in [-0.2, -0.15) is 0 Å². The number of carbonyl (C=O) groups is 1. The zero-order valence-electron chi connectivity index (χ0n) is 8.27. The van der Waals surface area contributed by atoms with Crippen LogP contribution in [0, 0.1) is 10.1 Å². The summed E-state index contributed by atoms with van der Waals surface area (Å²) in [5.74, 6) is -0.451. The van der Waals surface area contributed by atoms with Crippen molar-refractivity contribution in [1.29, 1.82) is 0 Å². The second-order valence-corrected chi connectivity index (χ2v) is 3.63. The lowest BCUT2D eigenvalue weighted by atomic mass is 9.95. The third kappa shape index (κ3) is 1.73. The third-order valence-corrected chi connectivity index (χ3v) is 2.54. The van der Waals surface area contributed by atoms with Crippen molar-refractivity contribution in [3.63, 3.8) is 0 Å². The molecule has 16 heavy (non-hydrogen) atoms. The molecule has 1 heterocycles. The minimum atomic E-state index is -0.637. The average molecular weight is 224 g/mol. The molecule has 0 bridgehead atoms. The first-order chi connectivity index (χ1) is 7.61. The Balaban J connectivity index is 2.41. The summed E-state index contributed by atoms with van der Waals surface area (Å²) in [5.41, 5.74) is 0.781. The van der Waals surface area contributed by atoms with Crippen LogP contribution < -0.4 is 5.32 Å². The summed E-state index contributed by atoms with van der Waals surface area (Å²) in [4.78, 5) is 21.5. The van der Waals surface area contributed by atoms with E-state index in [0.29, 0.717) is 12.0 Å². The minimum Gasteiger partial charge on any atom is -0.346 e. The number of amides is 1. The summed E-state index contributed by atoms with van der Waals surface area (Å²) >= 11 is 0. The molecule has 1 N–H and O–H groups in total. The number of rotatable bonds is 2. The molecule has 1 unspecified atom stereocenters. The van der Waals surface area contributed by atoms with Crippen LogP contribution in [0.2, 0.25) is 0 Å². The van der Waals surface area contributed by atoms with Gasteiger partial charge < -0.3 is 5.32 Å². The summed E-state index contributed by atoms with van der Waals surface area (Å²) in [7, 11) is 0. The Bertz CT molecular complexity index is 461. The molecule has 5 nitrogen and oxygen atoms in total. The number of fused-ring (bicyclic) bond motifs is 1. The molecule has 2 rings (SSSR count). The minimum absolute atomic E-state index is 0.132. The van der Waals surface area contributed by atoms with E-state index in [4.69, 9.17) is 0 Å². The summed E-state index contributed by atoms with van der Waals surface area (Å²) in [6.45, 7) is -0.637. The molecule has 1 aliphatic heterocycles. The first-order valence-electron chi connectivity index (χ1n) is 4.76. The molecule has 1 aromatic rings. The Kier molecular flexibility index (Phi) is 2.55. The number of hydrogen-bond donors (Lipinski definition) is 1. The van der Waals surface area contributed by atoms with Crippen LogP contribution in [0.3, 0.4) is 0 Å². The van der Waals surface area contributed by atoms with Gasteiger partial charge in [0.2, 0.25) is 0 Å². The third-order valence-electron chi connectivity index (χ3n) is 2.54. The fourth-order valence-electron chi connectivity index (χ4n) is 1.74. The number of benzene rings is 1. The van der Waals surface area contributed by atoms with Gasteiger partial charge in [-0.1, -0.05) is 6.07 Å². The molecule has 84 valence electrons. The molecule has 1 amide bonds. The van der Waals surface area contributed by atoms with E-state index in [1.807, 2.05) is 0 Å². The normalized spacial score (nSPS) is 18.8. The molecule has 0 radical (unpaired) electrons. The Morgan fingerprint density at radius 1 is 1.56 bits per heavy atom. The van der Waals surface area contributed by atoms with E-state index in [0.717, 1.165) is 0 Å². The van der Waals surface area contributed by atoms with E-state index in [1.165, 1.54) is 18.2 Å². The Hall–Kier alpha value is -1.98. The second kappa shape index (κ2) is 3.88. The maximum Gasteiger partial charge on any atom is 0.270 e. The zero-order valence-corrected chi connectivity index (χ0v) is 8.27. The van der Waals surface area contributed by atoms with Crippen LogP contribution in [-0.4, -0.2) is 23.5 Å². The predicted octanol–water partition coefficient (Wildman–Crippen LogP) is 1.22. The van der Waals surface area contributed by atoms with Gasteiger partial charge >= 0.3 is 0 Å². The monoisotopic (exact) mass is 224 g/mol. The number of alkyl halides is 1. The van der Waals surface area contributed by atoms with Crippen molar-refractivity contribution in [2.75, 3.05) is 6.67 Å². The van der Waals surface area contributed by atoms with E-state index in [-0.39, 0.29) is 11.3 Å². The fourth-order valence-corrected chi connectivity index (χ4v) is 1.74. The first-order valence-corrected chi connectivity index (χ1v) is 4.76. The smallest absolute Gasteiger partial charge is 0.270 e. The zero-order chi connectivity index (χ0) is 11.7. The summed E-state index contributed by atoms with van der Waals surface area (Å²) in [5, 5.41) is 13.0. The quantitative estimate of drug-likeness (QED) is 0.606. The maximum atomic E-state index is 12.4. The van der Waals surface area contributed by atoms with Crippen molar-refractivity contribution in [3.8, 4) is 0 Å². The molecule has 6 heteroatoms. The van der Waals surface area contributed by atoms with Gasteiger partial charge in [-0.3, -0.25) is 14.9 Å². The topological polar surface area (TPSA) is 72.2 Å². The van der Waals surface area contributed by atoms with Crippen molar-refractivity contribution in [2.45, 2.75) is 12.5 Å². The molecule has 1 aromatic carbocycles. The lowest BCUT2D eigenvalue weighted by Gasteiger charge is -2.22. The van der Waals surface area contributed by atoms with Gasteiger partial charge in [-0.05, 0) is 12.0 Å². The van der Waals surface area contributed by atoms with Crippen LogP contribution in [0.25, 0.3) is 0 Å². The van der Waals surface area contributed by atoms with Gasteiger partial charge in [0.25, 0.3) is 11.6 Å². The number of nitro groups is 1. The van der Waals surface area contributed by atoms with Crippen molar-refractivity contribution in [1.82, 2.24) is 5.32 Å². The molecule has 0 saturated heterocycles. The van der Waals surface area contributed by atoms with Gasteiger partial charge in [-0.15, -0.1) is 0 Å². The Morgan fingerprint density at radius 2 is 2.31 bits per heavy atom. The molecular weight excluding hydrogens is 215 g/mol. The molecular formula is C10H9FN2O3. The number of nitrogens with one attached hydrogen (secondary N) is 1. The largest absolute Gasteiger partial charge is 0.346 e. The van der Waals surface area contributed by atoms with Gasteiger partial charge in [0.15, 0.2) is 0 Å². The number of halogens is 1. The number of hydrogen-bond acceptors (Lipinski definition) is 3. The highest BCUT2D eigenvalue weighted by Gasteiger charge is 2.25. The van der Waals surface area contributed by atoms with Gasteiger partial charge in [0.05, 0.1) is 11.0 Å². The predicted molar refractivity (Wildman–Crippen MR) is 54.0 cm³/mol. The second-order valence-electron chi connectivity index (χ2n) is 3.63. The molecule has 0 spiro atoms. The highest BCUT2D eigenvalue weighted by molar-refractivity contribution is 5.97. The van der Waals surface area contributed by atoms with Crippen LogP contribution in [0.15, 0.2) is 18.2 Å². The lowest BCUT2D eigenvalue weighted by molar-refractivity contribution is -0.384. The van der Waals surface area contributed by atoms with Crippen LogP contribution in [0.1, 0.15) is 15.9 Å². The average Bonchev–Trinajstić information content (AvgIpc) is 2.28. The number of nitro benzene ring substituents is 1. The van der Waals surface area contributed by atoms with Crippen LogP contribution in [0.5, 0.6) is 0 Å². The SMILES string of the molecule is O=C1NC(CF)Cc2ccc([N+](=O)[O-])cc21. The van der Waals surface area contributed by atoms with Crippen molar-refractivity contribution >= 4 is 11.6 Å². The van der Waals surface area contributed by atoms with E-state index < -0.39 is 23.5 Å². The summed E-state index contributed by atoms with van der Waals surface area (Å²) in [6.07, 6.45) is 0.371. The van der Waals surface area contributed by atoms with Crippen molar-refractivity contribution < 1.29 is 14.1 Å². The van der Waals surface area contributed by atoms with Gasteiger partial charge in [-0.25, -0.2) is 4.39 Å². The summed E-state index contributed by atoms with van der Waals surface area (Å²) in [6, 6.07) is 3.53. The maximum absolute atomic E-state index is 12.4. The van der Waals surface area contributed by atoms with E-state index in [2.05, 4.69) is 5.32 Å². The summed E-state index contributed by atoms with van der Waals surface area (Å²) < 4.78 is 12.4. The Morgan fingerprint density at radius 3 is 2.94 bits per heavy atom.